The summed E-state index contributed by atoms with van der Waals surface area (Å²) in [4.78, 5) is 47.9. The lowest BCUT2D eigenvalue weighted by Crippen LogP contribution is -2.32. The van der Waals surface area contributed by atoms with Gasteiger partial charge in [0.1, 0.15) is 17.1 Å². The Kier molecular flexibility index (Phi) is 17.8. The van der Waals surface area contributed by atoms with E-state index >= 15 is 0 Å². The van der Waals surface area contributed by atoms with Gasteiger partial charge in [-0.1, -0.05) is 78.4 Å². The molecular formula is C70H72ClN3O15. The molecular weight excluding hydrogens is 1160 g/mol. The number of rotatable bonds is 16. The lowest BCUT2D eigenvalue weighted by atomic mass is 9.99. The van der Waals surface area contributed by atoms with Crippen molar-refractivity contribution >= 4 is 46.2 Å². The smallest absolute Gasteiger partial charge is 0.308 e. The van der Waals surface area contributed by atoms with Crippen molar-refractivity contribution in [2.24, 2.45) is 0 Å². The summed E-state index contributed by atoms with van der Waals surface area (Å²) in [6.07, 6.45) is 18.4. The average Bonchev–Trinajstić information content (AvgIpc) is 1.70. The molecule has 0 radical (unpaired) electrons. The highest BCUT2D eigenvalue weighted by molar-refractivity contribution is 6.30. The topological polar surface area (TPSA) is 212 Å². The van der Waals surface area contributed by atoms with Crippen molar-refractivity contribution in [3.8, 4) is 34.5 Å². The number of ether oxygens (including phenoxy) is 11. The summed E-state index contributed by atoms with van der Waals surface area (Å²) in [6.45, 7) is 11.1. The zero-order valence-corrected chi connectivity index (χ0v) is 51.3. The lowest BCUT2D eigenvalue weighted by molar-refractivity contribution is -0.147. The van der Waals surface area contributed by atoms with Crippen LogP contribution in [0.2, 0.25) is 5.02 Å². The second kappa shape index (κ2) is 26.0. The standard InChI is InChI=1S/C25H27NO5.C23H23NO5.C22H22ClNO5/c1-3-28-23(27)13-19-11-9-18(15-29-19)20-5-4-6-21-24(20)31-25(2,30-21)22-12-10-17(14-26-22)16-7-8-16;1-23(20-10-8-15(12-24-20)14-5-6-14)28-19-4-2-3-18(22(19)29-23)16-7-9-17(27-13-16)11-21(25)26;1-3-26-20(25)11-16-9-7-14(13-27-16)17-5-4-6-18-21(17)29-22(2,28-18)19-10-8-15(23)12-24-19/h4-6,9-10,12,14,16,19H,3,7-8,11,13,15H2,1-2H3;2-4,7-8,10,12,14,17H,5-6,9,11,13H2,1H3,(H,25,26);4-8,10,12,16H,3,9,11,13H2,1-2H3/t19?,25-;17?,23-;16?,22-/m111/s1. The van der Waals surface area contributed by atoms with E-state index in [1.54, 1.807) is 32.2 Å². The number of carbonyl (C=O) groups is 3. The fourth-order valence-corrected chi connectivity index (χ4v) is 11.7. The van der Waals surface area contributed by atoms with Crippen LogP contribution in [0.4, 0.5) is 0 Å². The Morgan fingerprint density at radius 3 is 1.15 bits per heavy atom. The molecule has 0 bridgehead atoms. The molecule has 6 atom stereocenters. The Bertz CT molecular complexity index is 3700. The molecule has 8 aliphatic rings. The van der Waals surface area contributed by atoms with Crippen molar-refractivity contribution in [2.45, 2.75) is 146 Å². The van der Waals surface area contributed by atoms with Gasteiger partial charge >= 0.3 is 17.9 Å². The van der Waals surface area contributed by atoms with Crippen LogP contribution in [-0.2, 0) is 55.4 Å². The number of nitrogens with zero attached hydrogens (tertiary/aromatic N) is 3. The van der Waals surface area contributed by atoms with Crippen LogP contribution in [0.3, 0.4) is 0 Å². The number of fused-ring (bicyclic) bond motifs is 3. The van der Waals surface area contributed by atoms with Crippen LogP contribution >= 0.6 is 11.6 Å². The van der Waals surface area contributed by atoms with Crippen molar-refractivity contribution in [1.82, 2.24) is 15.0 Å². The molecule has 464 valence electrons. The molecule has 89 heavy (non-hydrogen) atoms. The third-order valence-corrected chi connectivity index (χ3v) is 16.9. The van der Waals surface area contributed by atoms with Gasteiger partial charge in [-0.2, -0.15) is 0 Å². The van der Waals surface area contributed by atoms with Gasteiger partial charge in [0.15, 0.2) is 34.5 Å². The second-order valence-electron chi connectivity index (χ2n) is 23.5. The maximum atomic E-state index is 11.7. The summed E-state index contributed by atoms with van der Waals surface area (Å²) in [6, 6.07) is 29.2. The number of carboxylic acids is 1. The molecule has 3 aromatic carbocycles. The van der Waals surface area contributed by atoms with Gasteiger partial charge in [-0.3, -0.25) is 29.3 Å². The van der Waals surface area contributed by atoms with Gasteiger partial charge in [0.25, 0.3) is 17.4 Å². The van der Waals surface area contributed by atoms with E-state index in [4.69, 9.17) is 68.8 Å². The molecule has 19 heteroatoms. The molecule has 18 nitrogen and oxygen atoms in total. The highest BCUT2D eigenvalue weighted by Gasteiger charge is 2.45. The number of carbonyl (C=O) groups excluding carboxylic acids is 2. The first-order valence-corrected chi connectivity index (χ1v) is 31.0. The Morgan fingerprint density at radius 2 is 0.854 bits per heavy atom. The molecule has 3 aromatic heterocycles. The molecule has 9 heterocycles. The number of hydrogen-bond acceptors (Lipinski definition) is 17. The van der Waals surface area contributed by atoms with Crippen LogP contribution in [0.25, 0.3) is 16.7 Å². The molecule has 3 unspecified atom stereocenters. The van der Waals surface area contributed by atoms with E-state index < -0.39 is 23.3 Å². The van der Waals surface area contributed by atoms with Gasteiger partial charge in [0, 0.05) is 56.1 Å². The van der Waals surface area contributed by atoms with Crippen molar-refractivity contribution in [2.75, 3.05) is 33.0 Å². The first-order chi connectivity index (χ1) is 43.1. The van der Waals surface area contributed by atoms with Crippen LogP contribution in [-0.4, -0.2) is 89.3 Å². The SMILES string of the molecule is CCOC(=O)CC1CC=C(c2cccc3c2O[C@](C)(c2ccc(C4CC4)cn2)O3)CO1.CCOC(=O)CC1CC=C(c2cccc3c2O[C@](C)(c2ccc(Cl)cn2)O3)CO1.C[C@@]1(c2ccc(C3CC3)cn2)Oc2cccc(C3=CCC(CC(=O)O)OC3)c2O1. The Hall–Kier alpha value is -8.29. The summed E-state index contributed by atoms with van der Waals surface area (Å²) in [5.41, 5.74) is 10.5. The molecule has 2 saturated carbocycles. The number of hydrogen-bond donors (Lipinski definition) is 1. The quantitative estimate of drug-likeness (QED) is 0.0893. The van der Waals surface area contributed by atoms with Crippen LogP contribution in [0.15, 0.2) is 128 Å². The summed E-state index contributed by atoms with van der Waals surface area (Å²) in [5.74, 6) is 1.08. The molecule has 6 aliphatic heterocycles. The predicted octanol–water partition coefficient (Wildman–Crippen LogP) is 13.5. The third-order valence-electron chi connectivity index (χ3n) is 16.7. The third kappa shape index (κ3) is 14.0. The highest BCUT2D eigenvalue weighted by Crippen LogP contribution is 2.52. The minimum absolute atomic E-state index is 0.0108. The molecule has 0 amide bonds. The van der Waals surface area contributed by atoms with E-state index in [1.165, 1.54) is 36.8 Å². The maximum Gasteiger partial charge on any atom is 0.308 e. The number of aromatic nitrogens is 3. The zero-order valence-electron chi connectivity index (χ0n) is 50.5. The van der Waals surface area contributed by atoms with Crippen molar-refractivity contribution < 1.29 is 71.6 Å². The average molecular weight is 1230 g/mol. The van der Waals surface area contributed by atoms with Gasteiger partial charge in [0.2, 0.25) is 0 Å². The fourth-order valence-electron chi connectivity index (χ4n) is 11.6. The van der Waals surface area contributed by atoms with E-state index in [2.05, 4.69) is 39.2 Å². The lowest BCUT2D eigenvalue weighted by Gasteiger charge is -2.24. The van der Waals surface area contributed by atoms with E-state index in [1.807, 2.05) is 106 Å². The summed E-state index contributed by atoms with van der Waals surface area (Å²) in [7, 11) is 0. The van der Waals surface area contributed by atoms with E-state index in [0.29, 0.717) is 109 Å². The number of para-hydroxylation sites is 3. The largest absolute Gasteiger partial charge is 0.481 e. The van der Waals surface area contributed by atoms with Gasteiger partial charge in [-0.25, -0.2) is 0 Å². The number of esters is 2. The van der Waals surface area contributed by atoms with Gasteiger partial charge in [-0.05, 0) is 141 Å². The van der Waals surface area contributed by atoms with Gasteiger partial charge in [0.05, 0.1) is 75.6 Å². The van der Waals surface area contributed by atoms with E-state index in [-0.39, 0.29) is 49.5 Å². The Morgan fingerprint density at radius 1 is 0.494 bits per heavy atom. The second-order valence-corrected chi connectivity index (χ2v) is 24.0. The Balaban J connectivity index is 0.000000130. The van der Waals surface area contributed by atoms with E-state index in [9.17, 15) is 14.4 Å². The molecule has 2 aliphatic carbocycles. The molecule has 0 saturated heterocycles. The number of pyridine rings is 3. The normalized spacial score (nSPS) is 24.3. The van der Waals surface area contributed by atoms with Gasteiger partial charge < -0.3 is 57.2 Å². The van der Waals surface area contributed by atoms with E-state index in [0.717, 1.165) is 44.8 Å². The minimum Gasteiger partial charge on any atom is -0.481 e. The highest BCUT2D eigenvalue weighted by atomic mass is 35.5. The fraction of sp³-hybridized carbons (Fsp3) is 0.400. The summed E-state index contributed by atoms with van der Waals surface area (Å²) >= 11 is 5.95. The molecule has 1 N–H and O–H groups in total. The number of benzene rings is 3. The van der Waals surface area contributed by atoms with Crippen LogP contribution < -0.4 is 28.4 Å². The Labute approximate surface area is 522 Å². The zero-order chi connectivity index (χ0) is 61.9. The first-order valence-electron chi connectivity index (χ1n) is 30.6. The maximum absolute atomic E-state index is 11.7. The molecule has 6 aromatic rings. The van der Waals surface area contributed by atoms with Crippen LogP contribution in [0, 0.1) is 0 Å². The van der Waals surface area contributed by atoms with Crippen molar-refractivity contribution in [1.29, 1.82) is 0 Å². The minimum atomic E-state index is -1.04. The summed E-state index contributed by atoms with van der Waals surface area (Å²) in [5, 5.41) is 9.50. The molecule has 14 rings (SSSR count). The van der Waals surface area contributed by atoms with Crippen LogP contribution in [0.1, 0.15) is 156 Å². The number of halogens is 1. The van der Waals surface area contributed by atoms with Gasteiger partial charge in [-0.15, -0.1) is 0 Å². The first kappa shape index (κ1) is 61.0. The number of aliphatic carboxylic acids is 1. The monoisotopic (exact) mass is 1230 g/mol. The van der Waals surface area contributed by atoms with Crippen LogP contribution in [0.5, 0.6) is 34.5 Å². The van der Waals surface area contributed by atoms with Crippen molar-refractivity contribution in [3.63, 3.8) is 0 Å². The van der Waals surface area contributed by atoms with Crippen molar-refractivity contribution in [3.05, 3.63) is 178 Å². The number of carboxylic acid groups (broad SMARTS) is 1. The summed E-state index contributed by atoms with van der Waals surface area (Å²) < 4.78 is 64.9. The molecule has 0 spiro atoms. The molecule has 2 fully saturated rings. The predicted molar refractivity (Wildman–Crippen MR) is 329 cm³/mol.